The van der Waals surface area contributed by atoms with Crippen LogP contribution in [0.1, 0.15) is 27.7 Å². The third-order valence-electron chi connectivity index (χ3n) is 1.61. The van der Waals surface area contributed by atoms with Gasteiger partial charge in [-0.25, -0.2) is 4.79 Å². The Bertz CT molecular complexity index is 189. The third kappa shape index (κ3) is 4.50. The van der Waals surface area contributed by atoms with Crippen LogP contribution in [0, 0.1) is 5.92 Å². The molecule has 0 spiro atoms. The highest BCUT2D eigenvalue weighted by atomic mass is 16.5. The van der Waals surface area contributed by atoms with Crippen LogP contribution in [0.3, 0.4) is 0 Å². The van der Waals surface area contributed by atoms with Crippen molar-refractivity contribution in [3.63, 3.8) is 0 Å². The Balaban J connectivity index is 3.92. The summed E-state index contributed by atoms with van der Waals surface area (Å²) in [5.74, 6) is -0.0648. The van der Waals surface area contributed by atoms with Crippen LogP contribution in [0.4, 0.5) is 4.79 Å². The van der Waals surface area contributed by atoms with E-state index in [0.717, 1.165) is 0 Å². The molecule has 13 heavy (non-hydrogen) atoms. The number of hydrogen-bond donors (Lipinski definition) is 1. The van der Waals surface area contributed by atoms with Gasteiger partial charge in [-0.1, -0.05) is 13.8 Å². The van der Waals surface area contributed by atoms with Crippen LogP contribution in [0.5, 0.6) is 0 Å². The lowest BCUT2D eigenvalue weighted by Crippen LogP contribution is -2.40. The zero-order valence-corrected chi connectivity index (χ0v) is 8.59. The Morgan fingerprint density at radius 2 is 1.85 bits per heavy atom. The fraction of sp³-hybridized carbons (Fsp3) is 0.778. The smallest absolute Gasteiger partial charge is 0.407 e. The van der Waals surface area contributed by atoms with E-state index in [2.05, 4.69) is 10.1 Å². The first-order chi connectivity index (χ1) is 5.99. The summed E-state index contributed by atoms with van der Waals surface area (Å²) in [4.78, 5) is 22.2. The van der Waals surface area contributed by atoms with E-state index in [1.165, 1.54) is 0 Å². The fourth-order valence-electron chi connectivity index (χ4n) is 0.921. The number of carbonyl (C=O) groups excluding carboxylic acids is 2. The number of amides is 1. The van der Waals surface area contributed by atoms with Gasteiger partial charge in [0.05, 0.1) is 12.6 Å². The Labute approximate surface area is 78.6 Å². The van der Waals surface area contributed by atoms with E-state index < -0.39 is 12.1 Å². The summed E-state index contributed by atoms with van der Waals surface area (Å²) in [7, 11) is 0. The van der Waals surface area contributed by atoms with E-state index in [-0.39, 0.29) is 11.7 Å². The molecule has 0 fully saturated rings. The zero-order valence-electron chi connectivity index (χ0n) is 8.59. The summed E-state index contributed by atoms with van der Waals surface area (Å²) < 4.78 is 4.64. The van der Waals surface area contributed by atoms with Gasteiger partial charge in [0, 0.05) is 5.92 Å². The molecule has 0 aromatic carbocycles. The van der Waals surface area contributed by atoms with Crippen molar-refractivity contribution >= 4 is 11.9 Å². The summed E-state index contributed by atoms with van der Waals surface area (Å²) in [5, 5.41) is 2.45. The lowest BCUT2D eigenvalue weighted by atomic mass is 10.0. The molecule has 1 amide bonds. The van der Waals surface area contributed by atoms with Crippen molar-refractivity contribution in [1.82, 2.24) is 5.32 Å². The second-order valence-corrected chi connectivity index (χ2v) is 3.14. The van der Waals surface area contributed by atoms with Crippen molar-refractivity contribution in [3.05, 3.63) is 0 Å². The second-order valence-electron chi connectivity index (χ2n) is 3.14. The molecule has 4 nitrogen and oxygen atoms in total. The first-order valence-electron chi connectivity index (χ1n) is 4.46. The van der Waals surface area contributed by atoms with Gasteiger partial charge in [-0.05, 0) is 13.8 Å². The van der Waals surface area contributed by atoms with Gasteiger partial charge >= 0.3 is 6.09 Å². The molecule has 1 atom stereocenters. The van der Waals surface area contributed by atoms with Crippen molar-refractivity contribution in [2.75, 3.05) is 6.61 Å². The number of ketones is 1. The number of alkyl carbamates (subject to hydrolysis) is 1. The first-order valence-corrected chi connectivity index (χ1v) is 4.46. The molecule has 4 heteroatoms. The van der Waals surface area contributed by atoms with E-state index in [1.807, 2.05) is 0 Å². The van der Waals surface area contributed by atoms with Crippen molar-refractivity contribution in [2.24, 2.45) is 5.92 Å². The van der Waals surface area contributed by atoms with E-state index in [9.17, 15) is 9.59 Å². The van der Waals surface area contributed by atoms with Crippen LogP contribution in [0.2, 0.25) is 0 Å². The molecule has 0 aliphatic rings. The first kappa shape index (κ1) is 11.9. The number of nitrogens with one attached hydrogen (secondary N) is 1. The molecular weight excluding hydrogens is 170 g/mol. The van der Waals surface area contributed by atoms with Crippen LogP contribution in [0.15, 0.2) is 0 Å². The van der Waals surface area contributed by atoms with Gasteiger partial charge in [-0.15, -0.1) is 0 Å². The molecule has 0 aliphatic carbocycles. The second kappa shape index (κ2) is 5.56. The molecule has 0 aliphatic heterocycles. The normalized spacial score (nSPS) is 12.4. The lowest BCUT2D eigenvalue weighted by molar-refractivity contribution is -0.123. The summed E-state index contributed by atoms with van der Waals surface area (Å²) in [6.07, 6.45) is -0.538. The average Bonchev–Trinajstić information content (AvgIpc) is 2.03. The van der Waals surface area contributed by atoms with E-state index in [4.69, 9.17) is 0 Å². The SMILES string of the molecule is CCOC(=O)NC(C)C(=O)C(C)C. The molecular formula is C9H17NO3. The van der Waals surface area contributed by atoms with Crippen LogP contribution in [-0.4, -0.2) is 24.5 Å². The number of rotatable bonds is 4. The Hall–Kier alpha value is -1.06. The molecule has 76 valence electrons. The van der Waals surface area contributed by atoms with Crippen LogP contribution in [0.25, 0.3) is 0 Å². The van der Waals surface area contributed by atoms with Gasteiger partial charge in [0.25, 0.3) is 0 Å². The topological polar surface area (TPSA) is 55.4 Å². The number of ether oxygens (including phenoxy) is 1. The van der Waals surface area contributed by atoms with Gasteiger partial charge in [-0.3, -0.25) is 4.79 Å². The molecule has 0 radical (unpaired) electrons. The third-order valence-corrected chi connectivity index (χ3v) is 1.61. The van der Waals surface area contributed by atoms with E-state index >= 15 is 0 Å². The Morgan fingerprint density at radius 3 is 2.23 bits per heavy atom. The predicted octanol–water partition coefficient (Wildman–Crippen LogP) is 1.35. The van der Waals surface area contributed by atoms with Crippen molar-refractivity contribution < 1.29 is 14.3 Å². The number of carbonyl (C=O) groups is 2. The molecule has 0 saturated carbocycles. The highest BCUT2D eigenvalue weighted by molar-refractivity contribution is 5.88. The highest BCUT2D eigenvalue weighted by Crippen LogP contribution is 1.99. The molecule has 0 rings (SSSR count). The van der Waals surface area contributed by atoms with Crippen molar-refractivity contribution in [2.45, 2.75) is 33.7 Å². The van der Waals surface area contributed by atoms with Crippen LogP contribution < -0.4 is 5.32 Å². The zero-order chi connectivity index (χ0) is 10.4. The quantitative estimate of drug-likeness (QED) is 0.722. The van der Waals surface area contributed by atoms with Crippen LogP contribution in [-0.2, 0) is 9.53 Å². The number of hydrogen-bond acceptors (Lipinski definition) is 3. The molecule has 0 saturated heterocycles. The highest BCUT2D eigenvalue weighted by Gasteiger charge is 2.18. The van der Waals surface area contributed by atoms with E-state index in [1.54, 1.807) is 27.7 Å². The minimum absolute atomic E-state index is 0.00746. The van der Waals surface area contributed by atoms with Crippen molar-refractivity contribution in [1.29, 1.82) is 0 Å². The van der Waals surface area contributed by atoms with Gasteiger partial charge < -0.3 is 10.1 Å². The lowest BCUT2D eigenvalue weighted by Gasteiger charge is -2.14. The predicted molar refractivity (Wildman–Crippen MR) is 49.5 cm³/mol. The largest absolute Gasteiger partial charge is 0.450 e. The van der Waals surface area contributed by atoms with Gasteiger partial charge in [0.1, 0.15) is 0 Å². The van der Waals surface area contributed by atoms with Crippen molar-refractivity contribution in [3.8, 4) is 0 Å². The van der Waals surface area contributed by atoms with Gasteiger partial charge in [0.15, 0.2) is 5.78 Å². The fourth-order valence-corrected chi connectivity index (χ4v) is 0.921. The van der Waals surface area contributed by atoms with Gasteiger partial charge in [0.2, 0.25) is 0 Å². The summed E-state index contributed by atoms with van der Waals surface area (Å²) in [6, 6.07) is -0.473. The molecule has 0 heterocycles. The maximum Gasteiger partial charge on any atom is 0.407 e. The summed E-state index contributed by atoms with van der Waals surface area (Å²) >= 11 is 0. The monoisotopic (exact) mass is 187 g/mol. The molecule has 1 unspecified atom stereocenters. The summed E-state index contributed by atoms with van der Waals surface area (Å²) in [5.41, 5.74) is 0. The molecule has 0 bridgehead atoms. The standard InChI is InChI=1S/C9H17NO3/c1-5-13-9(12)10-7(4)8(11)6(2)3/h6-7H,5H2,1-4H3,(H,10,12). The Morgan fingerprint density at radius 1 is 1.31 bits per heavy atom. The van der Waals surface area contributed by atoms with Crippen LogP contribution >= 0.6 is 0 Å². The average molecular weight is 187 g/mol. The molecule has 0 aromatic rings. The summed E-state index contributed by atoms with van der Waals surface area (Å²) in [6.45, 7) is 7.28. The Kier molecular flexibility index (Phi) is 5.11. The van der Waals surface area contributed by atoms with Gasteiger partial charge in [-0.2, -0.15) is 0 Å². The number of Topliss-reactive ketones (excluding diaryl/α,β-unsaturated/α-hetero) is 1. The minimum Gasteiger partial charge on any atom is -0.450 e. The molecule has 1 N–H and O–H groups in total. The van der Waals surface area contributed by atoms with E-state index in [0.29, 0.717) is 6.61 Å². The minimum atomic E-state index is -0.538. The molecule has 0 aromatic heterocycles. The maximum absolute atomic E-state index is 11.3. The maximum atomic E-state index is 11.3.